The minimum absolute atomic E-state index is 0.227. The fourth-order valence-electron chi connectivity index (χ4n) is 2.33. The molecule has 2 rings (SSSR count). The zero-order valence-electron chi connectivity index (χ0n) is 14.7. The number of unbranched alkanes of at least 4 members (excludes halogenated alkanes) is 1. The minimum atomic E-state index is -0.319. The summed E-state index contributed by atoms with van der Waals surface area (Å²) in [4.78, 5) is 24.1. The van der Waals surface area contributed by atoms with Gasteiger partial charge >= 0.3 is 0 Å². The molecule has 25 heavy (non-hydrogen) atoms. The minimum Gasteiger partial charge on any atom is -0.392 e. The van der Waals surface area contributed by atoms with E-state index in [1.807, 2.05) is 13.0 Å². The Morgan fingerprint density at radius 1 is 1.36 bits per heavy atom. The molecule has 8 heteroatoms. The summed E-state index contributed by atoms with van der Waals surface area (Å²) >= 11 is 1.35. The Morgan fingerprint density at radius 2 is 2.12 bits per heavy atom. The van der Waals surface area contributed by atoms with Gasteiger partial charge in [-0.15, -0.1) is 0 Å². The van der Waals surface area contributed by atoms with E-state index < -0.39 is 0 Å². The Labute approximate surface area is 152 Å². The lowest BCUT2D eigenvalue weighted by atomic mass is 10.1. The highest BCUT2D eigenvalue weighted by atomic mass is 32.2. The van der Waals surface area contributed by atoms with Gasteiger partial charge in [-0.25, -0.2) is 0 Å². The van der Waals surface area contributed by atoms with E-state index in [-0.39, 0.29) is 17.3 Å². The summed E-state index contributed by atoms with van der Waals surface area (Å²) in [5.74, 6) is -0.508. The summed E-state index contributed by atoms with van der Waals surface area (Å²) in [6.07, 6.45) is 2.14. The van der Waals surface area contributed by atoms with Gasteiger partial charge in [0.05, 0.1) is 16.3 Å². The number of nitrogens with one attached hydrogen (secondary N) is 4. The molecule has 0 bridgehead atoms. The highest BCUT2D eigenvalue weighted by molar-refractivity contribution is 8.03. The fraction of sp³-hybridized carbons (Fsp3) is 0.412. The second kappa shape index (κ2) is 8.66. The predicted molar refractivity (Wildman–Crippen MR) is 103 cm³/mol. The van der Waals surface area contributed by atoms with Crippen molar-refractivity contribution < 1.29 is 9.59 Å². The maximum Gasteiger partial charge on any atom is 0.255 e. The summed E-state index contributed by atoms with van der Waals surface area (Å²) in [5, 5.41) is 12.6. The molecule has 0 aromatic heterocycles. The molecule has 136 valence electrons. The molecule has 1 aromatic carbocycles. The monoisotopic (exact) mass is 363 g/mol. The van der Waals surface area contributed by atoms with Gasteiger partial charge in [-0.3, -0.25) is 9.59 Å². The van der Waals surface area contributed by atoms with Gasteiger partial charge in [-0.05, 0) is 31.5 Å². The molecule has 0 saturated carbocycles. The maximum atomic E-state index is 12.6. The van der Waals surface area contributed by atoms with Crippen LogP contribution in [0.2, 0.25) is 0 Å². The molecule has 0 saturated heterocycles. The smallest absolute Gasteiger partial charge is 0.255 e. The van der Waals surface area contributed by atoms with Crippen LogP contribution in [-0.4, -0.2) is 23.9 Å². The average molecular weight is 363 g/mol. The highest BCUT2D eigenvalue weighted by Crippen LogP contribution is 2.26. The zero-order chi connectivity index (χ0) is 18.4. The van der Waals surface area contributed by atoms with Crippen LogP contribution in [0.4, 0.5) is 11.4 Å². The van der Waals surface area contributed by atoms with Gasteiger partial charge in [0.15, 0.2) is 5.50 Å². The van der Waals surface area contributed by atoms with Crippen LogP contribution in [-0.2, 0) is 4.79 Å². The van der Waals surface area contributed by atoms with Crippen LogP contribution >= 0.6 is 11.8 Å². The van der Waals surface area contributed by atoms with Gasteiger partial charge in [-0.2, -0.15) is 0 Å². The number of carbonyl (C=O) groups is 2. The Kier molecular flexibility index (Phi) is 6.58. The number of hydrogen-bond donors (Lipinski definition) is 5. The van der Waals surface area contributed by atoms with Crippen molar-refractivity contribution in [3.63, 3.8) is 0 Å². The summed E-state index contributed by atoms with van der Waals surface area (Å²) in [6, 6.07) is 5.32. The van der Waals surface area contributed by atoms with Crippen LogP contribution in [0.15, 0.2) is 28.9 Å². The van der Waals surface area contributed by atoms with Gasteiger partial charge < -0.3 is 27.0 Å². The molecular formula is C17H25N5O2S. The van der Waals surface area contributed by atoms with E-state index in [2.05, 4.69) is 28.2 Å². The van der Waals surface area contributed by atoms with Gasteiger partial charge in [0, 0.05) is 24.9 Å². The molecule has 7 nitrogen and oxygen atoms in total. The van der Waals surface area contributed by atoms with E-state index >= 15 is 0 Å². The summed E-state index contributed by atoms with van der Waals surface area (Å²) in [6.45, 7) is 6.24. The van der Waals surface area contributed by atoms with Crippen LogP contribution < -0.4 is 27.0 Å². The topological polar surface area (TPSA) is 108 Å². The van der Waals surface area contributed by atoms with Crippen molar-refractivity contribution in [2.75, 3.05) is 17.2 Å². The van der Waals surface area contributed by atoms with E-state index in [1.165, 1.54) is 18.7 Å². The predicted octanol–water partition coefficient (Wildman–Crippen LogP) is 2.35. The van der Waals surface area contributed by atoms with E-state index in [4.69, 9.17) is 5.73 Å². The molecule has 2 amide bonds. The SMILES string of the molecule is CCCCNc1ccc(C(=O)NC2NC(C)=C(N)S2)c(NC(C)=O)c1. The molecule has 1 aromatic rings. The normalized spacial score (nSPS) is 16.4. The molecule has 1 atom stereocenters. The van der Waals surface area contributed by atoms with Crippen molar-refractivity contribution in [3.8, 4) is 0 Å². The molecular weight excluding hydrogens is 338 g/mol. The first-order valence-electron chi connectivity index (χ1n) is 8.26. The molecule has 6 N–H and O–H groups in total. The van der Waals surface area contributed by atoms with Crippen molar-refractivity contribution >= 4 is 35.0 Å². The molecule has 1 unspecified atom stereocenters. The lowest BCUT2D eigenvalue weighted by Crippen LogP contribution is -2.40. The molecule has 1 aliphatic heterocycles. The van der Waals surface area contributed by atoms with E-state index in [0.717, 1.165) is 30.8 Å². The molecule has 1 heterocycles. The molecule has 0 spiro atoms. The Bertz CT molecular complexity index is 676. The van der Waals surface area contributed by atoms with Gasteiger partial charge in [-0.1, -0.05) is 25.1 Å². The van der Waals surface area contributed by atoms with Crippen molar-refractivity contribution in [2.45, 2.75) is 39.1 Å². The molecule has 0 aliphatic carbocycles. The quantitative estimate of drug-likeness (QED) is 0.476. The number of allylic oxidation sites excluding steroid dienone is 1. The maximum absolute atomic E-state index is 12.6. The largest absolute Gasteiger partial charge is 0.392 e. The fourth-order valence-corrected chi connectivity index (χ4v) is 3.22. The third-order valence-corrected chi connectivity index (χ3v) is 4.69. The van der Waals surface area contributed by atoms with E-state index in [9.17, 15) is 9.59 Å². The number of nitrogens with two attached hydrogens (primary N) is 1. The third kappa shape index (κ3) is 5.32. The van der Waals surface area contributed by atoms with Crippen molar-refractivity contribution in [3.05, 3.63) is 34.5 Å². The molecule has 0 fully saturated rings. The van der Waals surface area contributed by atoms with Crippen LogP contribution in [0, 0.1) is 0 Å². The molecule has 1 aliphatic rings. The number of amides is 2. The van der Waals surface area contributed by atoms with Crippen molar-refractivity contribution in [2.24, 2.45) is 5.73 Å². The third-order valence-electron chi connectivity index (χ3n) is 3.66. The van der Waals surface area contributed by atoms with Crippen LogP contribution in [0.1, 0.15) is 44.0 Å². The van der Waals surface area contributed by atoms with Gasteiger partial charge in [0.25, 0.3) is 5.91 Å². The Morgan fingerprint density at radius 3 is 2.72 bits per heavy atom. The number of anilines is 2. The summed E-state index contributed by atoms with van der Waals surface area (Å²) in [5.41, 5.74) is 8.09. The lowest BCUT2D eigenvalue weighted by molar-refractivity contribution is -0.114. The Balaban J connectivity index is 2.12. The first-order valence-corrected chi connectivity index (χ1v) is 9.14. The average Bonchev–Trinajstić information content (AvgIpc) is 2.85. The first kappa shape index (κ1) is 19.0. The van der Waals surface area contributed by atoms with Crippen molar-refractivity contribution in [1.82, 2.24) is 10.6 Å². The second-order valence-electron chi connectivity index (χ2n) is 5.83. The number of thioether (sulfide) groups is 1. The van der Waals surface area contributed by atoms with E-state index in [0.29, 0.717) is 16.3 Å². The Hall–Kier alpha value is -2.35. The standard InChI is InChI=1S/C17H25N5O2S/c1-4-5-8-19-12-6-7-13(14(9-12)21-11(3)23)16(24)22-17-20-10(2)15(18)25-17/h6-7,9,17,19-20H,4-5,8,18H2,1-3H3,(H,21,23)(H,22,24). The van der Waals surface area contributed by atoms with Gasteiger partial charge in [0.1, 0.15) is 0 Å². The second-order valence-corrected chi connectivity index (χ2v) is 6.97. The summed E-state index contributed by atoms with van der Waals surface area (Å²) in [7, 11) is 0. The lowest BCUT2D eigenvalue weighted by Gasteiger charge is -2.17. The van der Waals surface area contributed by atoms with Crippen LogP contribution in [0.3, 0.4) is 0 Å². The van der Waals surface area contributed by atoms with E-state index in [1.54, 1.807) is 12.1 Å². The first-order chi connectivity index (χ1) is 11.9. The number of hydrogen-bond acceptors (Lipinski definition) is 6. The van der Waals surface area contributed by atoms with Crippen molar-refractivity contribution in [1.29, 1.82) is 0 Å². The van der Waals surface area contributed by atoms with Crippen LogP contribution in [0.5, 0.6) is 0 Å². The number of rotatable bonds is 7. The summed E-state index contributed by atoms with van der Waals surface area (Å²) < 4.78 is 0. The number of benzene rings is 1. The number of carbonyl (C=O) groups excluding carboxylic acids is 2. The van der Waals surface area contributed by atoms with Gasteiger partial charge in [0.2, 0.25) is 5.91 Å². The van der Waals surface area contributed by atoms with Crippen LogP contribution in [0.25, 0.3) is 0 Å². The molecule has 0 radical (unpaired) electrons. The zero-order valence-corrected chi connectivity index (χ0v) is 15.5. The highest BCUT2D eigenvalue weighted by Gasteiger charge is 2.23.